The van der Waals surface area contributed by atoms with Crippen molar-refractivity contribution >= 4 is 6.03 Å². The zero-order chi connectivity index (χ0) is 17.5. The highest BCUT2D eigenvalue weighted by molar-refractivity contribution is 5.73. The lowest BCUT2D eigenvalue weighted by Crippen LogP contribution is -2.44. The molecule has 1 aliphatic rings. The van der Waals surface area contributed by atoms with Crippen molar-refractivity contribution in [2.24, 2.45) is 0 Å². The minimum atomic E-state index is -0.236. The SMILES string of the molecule is COCc1cccc(CNC(=O)NC[C@H]2COc3ccccc3O2)c1. The van der Waals surface area contributed by atoms with Crippen molar-refractivity contribution in [2.45, 2.75) is 19.3 Å². The van der Waals surface area contributed by atoms with Crippen LogP contribution in [0.2, 0.25) is 0 Å². The third-order valence-electron chi connectivity index (χ3n) is 3.81. The van der Waals surface area contributed by atoms with E-state index in [9.17, 15) is 4.79 Å². The van der Waals surface area contributed by atoms with Crippen molar-refractivity contribution in [1.29, 1.82) is 0 Å². The number of benzene rings is 2. The van der Waals surface area contributed by atoms with Gasteiger partial charge >= 0.3 is 6.03 Å². The van der Waals surface area contributed by atoms with Crippen LogP contribution in [0, 0.1) is 0 Å². The van der Waals surface area contributed by atoms with E-state index in [4.69, 9.17) is 14.2 Å². The van der Waals surface area contributed by atoms with Gasteiger partial charge in [0.25, 0.3) is 0 Å². The monoisotopic (exact) mass is 342 g/mol. The van der Waals surface area contributed by atoms with Gasteiger partial charge in [-0.1, -0.05) is 36.4 Å². The fourth-order valence-corrected chi connectivity index (χ4v) is 2.61. The molecule has 2 amide bonds. The number of ether oxygens (including phenoxy) is 3. The lowest BCUT2D eigenvalue weighted by atomic mass is 10.1. The summed E-state index contributed by atoms with van der Waals surface area (Å²) in [6, 6.07) is 15.2. The van der Waals surface area contributed by atoms with Crippen molar-refractivity contribution in [1.82, 2.24) is 10.6 Å². The average Bonchev–Trinajstić information content (AvgIpc) is 2.65. The Kier molecular flexibility index (Phi) is 5.74. The van der Waals surface area contributed by atoms with E-state index in [0.717, 1.165) is 16.9 Å². The van der Waals surface area contributed by atoms with Gasteiger partial charge in [-0.05, 0) is 23.3 Å². The lowest BCUT2D eigenvalue weighted by Gasteiger charge is -2.26. The number of urea groups is 1. The molecule has 0 aliphatic carbocycles. The van der Waals surface area contributed by atoms with Gasteiger partial charge in [-0.15, -0.1) is 0 Å². The van der Waals surface area contributed by atoms with Crippen LogP contribution in [-0.2, 0) is 17.9 Å². The van der Waals surface area contributed by atoms with Gasteiger partial charge < -0.3 is 24.8 Å². The summed E-state index contributed by atoms with van der Waals surface area (Å²) in [7, 11) is 1.66. The summed E-state index contributed by atoms with van der Waals surface area (Å²) in [6.07, 6.45) is -0.203. The molecule has 0 aromatic heterocycles. The van der Waals surface area contributed by atoms with E-state index in [2.05, 4.69) is 10.6 Å². The van der Waals surface area contributed by atoms with Crippen LogP contribution >= 0.6 is 0 Å². The van der Waals surface area contributed by atoms with Crippen molar-refractivity contribution in [3.8, 4) is 11.5 Å². The molecule has 3 rings (SSSR count). The second-order valence-electron chi connectivity index (χ2n) is 5.81. The van der Waals surface area contributed by atoms with Gasteiger partial charge in [0.15, 0.2) is 17.6 Å². The molecule has 25 heavy (non-hydrogen) atoms. The van der Waals surface area contributed by atoms with Crippen LogP contribution in [0.25, 0.3) is 0 Å². The fraction of sp³-hybridized carbons (Fsp3) is 0.316. The Labute approximate surface area is 147 Å². The maximum absolute atomic E-state index is 12.0. The van der Waals surface area contributed by atoms with E-state index in [1.807, 2.05) is 48.5 Å². The third kappa shape index (κ3) is 4.87. The largest absolute Gasteiger partial charge is 0.486 e. The summed E-state index contributed by atoms with van der Waals surface area (Å²) in [5.74, 6) is 1.44. The van der Waals surface area contributed by atoms with E-state index in [-0.39, 0.29) is 12.1 Å². The van der Waals surface area contributed by atoms with Gasteiger partial charge in [0.05, 0.1) is 13.2 Å². The van der Waals surface area contributed by atoms with Crippen molar-refractivity contribution in [3.05, 3.63) is 59.7 Å². The van der Waals surface area contributed by atoms with E-state index in [1.54, 1.807) is 7.11 Å². The quantitative estimate of drug-likeness (QED) is 0.846. The van der Waals surface area contributed by atoms with Crippen LogP contribution in [0.4, 0.5) is 4.79 Å². The number of methoxy groups -OCH3 is 1. The van der Waals surface area contributed by atoms with Gasteiger partial charge in [-0.2, -0.15) is 0 Å². The molecule has 0 unspecified atom stereocenters. The van der Waals surface area contributed by atoms with Crippen LogP contribution in [0.3, 0.4) is 0 Å². The highest BCUT2D eigenvalue weighted by Gasteiger charge is 2.20. The zero-order valence-corrected chi connectivity index (χ0v) is 14.2. The summed E-state index contributed by atoms with van der Waals surface area (Å²) >= 11 is 0. The number of rotatable bonds is 6. The fourth-order valence-electron chi connectivity index (χ4n) is 2.61. The zero-order valence-electron chi connectivity index (χ0n) is 14.2. The molecule has 0 saturated carbocycles. The minimum Gasteiger partial charge on any atom is -0.486 e. The van der Waals surface area contributed by atoms with Crippen molar-refractivity contribution < 1.29 is 19.0 Å². The van der Waals surface area contributed by atoms with Gasteiger partial charge in [0.2, 0.25) is 0 Å². The molecular weight excluding hydrogens is 320 g/mol. The van der Waals surface area contributed by atoms with Crippen LogP contribution in [0.5, 0.6) is 11.5 Å². The second-order valence-corrected chi connectivity index (χ2v) is 5.81. The third-order valence-corrected chi connectivity index (χ3v) is 3.81. The number of hydrogen-bond acceptors (Lipinski definition) is 4. The first-order chi connectivity index (χ1) is 12.2. The van der Waals surface area contributed by atoms with E-state index in [0.29, 0.717) is 32.1 Å². The summed E-state index contributed by atoms with van der Waals surface area (Å²) < 4.78 is 16.5. The van der Waals surface area contributed by atoms with E-state index in [1.165, 1.54) is 0 Å². The minimum absolute atomic E-state index is 0.203. The predicted octanol–water partition coefficient (Wildman–Crippen LogP) is 2.47. The van der Waals surface area contributed by atoms with Crippen LogP contribution in [0.1, 0.15) is 11.1 Å². The highest BCUT2D eigenvalue weighted by atomic mass is 16.6. The second kappa shape index (κ2) is 8.39. The Morgan fingerprint density at radius 1 is 1.12 bits per heavy atom. The maximum atomic E-state index is 12.0. The first kappa shape index (κ1) is 17.1. The first-order valence-corrected chi connectivity index (χ1v) is 8.21. The topological polar surface area (TPSA) is 68.8 Å². The molecule has 0 spiro atoms. The molecule has 0 fully saturated rings. The lowest BCUT2D eigenvalue weighted by molar-refractivity contribution is 0.0918. The molecule has 0 saturated heterocycles. The highest BCUT2D eigenvalue weighted by Crippen LogP contribution is 2.30. The molecule has 1 heterocycles. The van der Waals surface area contributed by atoms with Crippen LogP contribution in [0.15, 0.2) is 48.5 Å². The molecule has 1 aliphatic heterocycles. The van der Waals surface area contributed by atoms with Crippen molar-refractivity contribution in [2.75, 3.05) is 20.3 Å². The number of amides is 2. The van der Waals surface area contributed by atoms with Crippen molar-refractivity contribution in [3.63, 3.8) is 0 Å². The Bertz CT molecular complexity index is 720. The van der Waals surface area contributed by atoms with Gasteiger partial charge in [-0.25, -0.2) is 4.79 Å². The summed E-state index contributed by atoms with van der Waals surface area (Å²) in [5.41, 5.74) is 2.10. The normalized spacial score (nSPS) is 15.5. The molecule has 2 N–H and O–H groups in total. The molecule has 6 heteroatoms. The van der Waals surface area contributed by atoms with Gasteiger partial charge in [0, 0.05) is 13.7 Å². The molecule has 6 nitrogen and oxygen atoms in total. The van der Waals surface area contributed by atoms with Gasteiger partial charge in [-0.3, -0.25) is 0 Å². The summed E-state index contributed by atoms with van der Waals surface area (Å²) in [4.78, 5) is 12.0. The van der Waals surface area contributed by atoms with E-state index >= 15 is 0 Å². The summed E-state index contributed by atoms with van der Waals surface area (Å²) in [5, 5.41) is 5.65. The Hall–Kier alpha value is -2.73. The average molecular weight is 342 g/mol. The smallest absolute Gasteiger partial charge is 0.315 e. The number of nitrogens with one attached hydrogen (secondary N) is 2. The molecular formula is C19H22N2O4. The maximum Gasteiger partial charge on any atom is 0.315 e. The molecule has 0 radical (unpaired) electrons. The number of carbonyl (C=O) groups excluding carboxylic acids is 1. The molecule has 2 aromatic rings. The first-order valence-electron chi connectivity index (χ1n) is 8.21. The molecule has 2 aromatic carbocycles. The van der Waals surface area contributed by atoms with E-state index < -0.39 is 0 Å². The summed E-state index contributed by atoms with van der Waals surface area (Å²) in [6.45, 7) is 1.80. The predicted molar refractivity (Wildman–Crippen MR) is 93.7 cm³/mol. The Balaban J connectivity index is 1.42. The standard InChI is InChI=1S/C19H22N2O4/c1-23-12-15-6-4-5-14(9-15)10-20-19(22)21-11-16-13-24-17-7-2-3-8-18(17)25-16/h2-9,16H,10-13H2,1H3,(H2,20,21,22)/t16-/m0/s1. The number of carbonyl (C=O) groups is 1. The molecule has 0 bridgehead atoms. The van der Waals surface area contributed by atoms with Crippen LogP contribution < -0.4 is 20.1 Å². The Morgan fingerprint density at radius 3 is 2.76 bits per heavy atom. The Morgan fingerprint density at radius 2 is 1.92 bits per heavy atom. The number of fused-ring (bicyclic) bond motifs is 1. The molecule has 132 valence electrons. The van der Waals surface area contributed by atoms with Crippen LogP contribution in [-0.4, -0.2) is 32.4 Å². The number of hydrogen-bond donors (Lipinski definition) is 2. The molecule has 1 atom stereocenters. The number of para-hydroxylation sites is 2. The van der Waals surface area contributed by atoms with Gasteiger partial charge in [0.1, 0.15) is 6.61 Å².